The maximum atomic E-state index is 14.5. The number of nitrogens with one attached hydrogen (secondary N) is 12. The molecule has 54 nitrogen and oxygen atoms in total. The Kier molecular flexibility index (Phi) is 77.0. The lowest BCUT2D eigenvalue weighted by molar-refractivity contribution is -0.156. The Morgan fingerprint density at radius 2 is 0.438 bits per heavy atom. The molecule has 0 saturated carbocycles. The summed E-state index contributed by atoms with van der Waals surface area (Å²) in [5.74, 6) is -17.6. The smallest absolute Gasteiger partial charge is 0.325 e. The van der Waals surface area contributed by atoms with E-state index in [0.29, 0.717) is 195 Å². The summed E-state index contributed by atoms with van der Waals surface area (Å²) in [7, 11) is 3.22. The molecule has 0 aromatic carbocycles. The number of carbonyl (C=O) groups is 18. The van der Waals surface area contributed by atoms with Gasteiger partial charge in [-0.15, -0.1) is 0 Å². The van der Waals surface area contributed by atoms with Crippen LogP contribution in [0.2, 0.25) is 0 Å². The van der Waals surface area contributed by atoms with E-state index >= 15 is 0 Å². The van der Waals surface area contributed by atoms with E-state index in [1.54, 1.807) is 14.2 Å². The molecule has 0 aliphatic carbocycles. The summed E-state index contributed by atoms with van der Waals surface area (Å²) in [4.78, 5) is 239. The Balaban J connectivity index is 2.00. The monoisotopic (exact) mass is 2100 g/mol. The van der Waals surface area contributed by atoms with Crippen LogP contribution in [-0.4, -0.2) is 478 Å². The average molecular weight is 2100 g/mol. The molecule has 0 saturated heterocycles. The molecule has 14 N–H and O–H groups in total. The summed E-state index contributed by atoms with van der Waals surface area (Å²) in [5, 5.41) is 48.0. The number of nitrogens with zero attached hydrogens (tertiary/aromatic N) is 2. The molecule has 0 fully saturated rings. The van der Waals surface area contributed by atoms with Crippen LogP contribution in [0, 0.1) is 0 Å². The number of hydrogen-bond donors (Lipinski definition) is 14. The summed E-state index contributed by atoms with van der Waals surface area (Å²) in [5.41, 5.74) is 0. The molecule has 2 rings (SSSR count). The quantitative estimate of drug-likeness (QED) is 0.0199. The molecule has 16 amide bonds. The first-order valence-corrected chi connectivity index (χ1v) is 48.8. The fraction of sp³-hybridized carbons (Fsp3) is 0.761. The molecule has 0 bridgehead atoms. The van der Waals surface area contributed by atoms with Crippen molar-refractivity contribution in [2.24, 2.45) is 0 Å². The predicted molar refractivity (Wildman–Crippen MR) is 511 cm³/mol. The molecule has 2 heterocycles. The van der Waals surface area contributed by atoms with Gasteiger partial charge in [-0.05, 0) is 92.9 Å². The zero-order chi connectivity index (χ0) is 108. The lowest BCUT2D eigenvalue weighted by Gasteiger charge is -2.35. The van der Waals surface area contributed by atoms with Gasteiger partial charge in [-0.2, -0.15) is 0 Å². The summed E-state index contributed by atoms with van der Waals surface area (Å²) in [6.07, 6.45) is 2.31. The van der Waals surface area contributed by atoms with Gasteiger partial charge in [0.05, 0.1) is 238 Å². The SMILES string of the molecule is COCCOCCOCCOCCOCCOCCOCCOCCOCCOCC(=O)NCCCCC(NC(=O)CCCNC(=O)C(C(C(=O)NCCCC(=O)NC(CCCCNC(=O)COCCOCCOCCOCCOCCOCCOCCOCCOCCOC)C(=O)NC(C)C(=O)NC(C)C(=O)NC(C)C(=O)O)N1C(=O)C=CC1=O)N1C(=O)C=CC1=O)C(=O)NC(C)C(=O)NC(C)C(=O)NC(C)C(=O)O. The minimum atomic E-state index is -2.29. The Hall–Kier alpha value is -10.5. The second-order valence-electron chi connectivity index (χ2n) is 32.3. The van der Waals surface area contributed by atoms with Crippen molar-refractivity contribution >= 4 is 106 Å². The highest BCUT2D eigenvalue weighted by Crippen LogP contribution is 2.22. The van der Waals surface area contributed by atoms with Crippen LogP contribution in [0.15, 0.2) is 24.3 Å². The number of aliphatic carboxylic acids is 2. The lowest BCUT2D eigenvalue weighted by atomic mass is 10.0. The van der Waals surface area contributed by atoms with Crippen molar-refractivity contribution in [3.63, 3.8) is 0 Å². The third-order valence-corrected chi connectivity index (χ3v) is 20.4. The minimum absolute atomic E-state index is 0.0783. The van der Waals surface area contributed by atoms with Crippen molar-refractivity contribution in [3.8, 4) is 0 Å². The van der Waals surface area contributed by atoms with Crippen LogP contribution in [0.4, 0.5) is 0 Å². The first kappa shape index (κ1) is 132. The van der Waals surface area contributed by atoms with Crippen molar-refractivity contribution in [2.45, 2.75) is 166 Å². The number of hydrogen-bond acceptors (Lipinski definition) is 38. The van der Waals surface area contributed by atoms with E-state index in [1.165, 1.54) is 41.5 Å². The molecule has 10 unspecified atom stereocenters. The van der Waals surface area contributed by atoms with E-state index in [1.807, 2.05) is 0 Å². The fourth-order valence-electron chi connectivity index (χ4n) is 12.4. The maximum Gasteiger partial charge on any atom is 0.325 e. The number of carbonyl (C=O) groups excluding carboxylic acids is 16. The van der Waals surface area contributed by atoms with Crippen molar-refractivity contribution in [2.75, 3.05) is 291 Å². The highest BCUT2D eigenvalue weighted by Gasteiger charge is 2.50. The van der Waals surface area contributed by atoms with Crippen molar-refractivity contribution in [3.05, 3.63) is 24.3 Å². The van der Waals surface area contributed by atoms with E-state index in [4.69, 9.17) is 94.7 Å². The van der Waals surface area contributed by atoms with E-state index < -0.39 is 193 Å². The van der Waals surface area contributed by atoms with Crippen LogP contribution < -0.4 is 63.8 Å². The molecule has 0 aromatic rings. The Labute approximate surface area is 849 Å². The van der Waals surface area contributed by atoms with Gasteiger partial charge in [-0.1, -0.05) is 0 Å². The molecule has 0 radical (unpaired) electrons. The first-order chi connectivity index (χ1) is 70.3. The number of amides is 16. The molecule has 2 aliphatic rings. The standard InChI is InChI=1S/C92H156N14O40/c1-65(85(117)101-69(5)91(123)124)97-83(115)67(3)99-87(119)71(15-9-11-23-93-75(109)63-145-61-59-143-57-55-141-53-51-139-49-47-137-45-43-135-41-39-133-37-35-131-33-31-129-29-27-127-7)103-73(107)17-13-25-95-89(121)81(105-77(111)19-20-78(105)112)82(106-79(113)21-22-80(106)114)90(122)96-26-14-18-74(108)104-72(88(120)100-68(4)84(116)98-66(2)86(118)102-70(6)92(125)126)16-10-12-24-94-76(110)64-146-62-60-144-58-56-142-54-52-140-50-48-138-46-44-136-42-40-134-38-36-132-34-32-130-30-28-128-8/h19-22,65-72,81-82H,9-18,23-64H2,1-8H3,(H,93,109)(H,94,110)(H,95,121)(H,96,122)(H,97,115)(H,98,116)(H,99,119)(H,100,120)(H,101,117)(H,102,118)(H,103,107)(H,104,108)(H,123,124)(H,125,126). The second-order valence-corrected chi connectivity index (χ2v) is 32.3. The van der Waals surface area contributed by atoms with Crippen LogP contribution >= 0.6 is 0 Å². The fourth-order valence-corrected chi connectivity index (χ4v) is 12.4. The summed E-state index contributed by atoms with van der Waals surface area (Å²) in [6, 6.07) is -15.2. The number of ether oxygens (including phenoxy) is 20. The van der Waals surface area contributed by atoms with Gasteiger partial charge < -0.3 is 169 Å². The van der Waals surface area contributed by atoms with Crippen molar-refractivity contribution in [1.82, 2.24) is 73.6 Å². The Morgan fingerprint density at radius 3 is 0.658 bits per heavy atom. The predicted octanol–water partition coefficient (Wildman–Crippen LogP) is -6.30. The third kappa shape index (κ3) is 65.3. The number of rotatable bonds is 97. The molecule has 10 atom stereocenters. The molecule has 0 spiro atoms. The van der Waals surface area contributed by atoms with Gasteiger partial charge in [0.1, 0.15) is 73.6 Å². The zero-order valence-corrected chi connectivity index (χ0v) is 85.2. The van der Waals surface area contributed by atoms with Gasteiger partial charge in [0.15, 0.2) is 0 Å². The molecule has 146 heavy (non-hydrogen) atoms. The number of carboxylic acid groups (broad SMARTS) is 2. The molecular weight excluding hydrogens is 1940 g/mol. The molecule has 0 aromatic heterocycles. The van der Waals surface area contributed by atoms with Crippen molar-refractivity contribution in [1.29, 1.82) is 0 Å². The highest BCUT2D eigenvalue weighted by atomic mass is 16.6. The maximum absolute atomic E-state index is 14.5. The van der Waals surface area contributed by atoms with Gasteiger partial charge in [0.25, 0.3) is 23.6 Å². The first-order valence-electron chi connectivity index (χ1n) is 48.8. The summed E-state index contributed by atoms with van der Waals surface area (Å²) >= 11 is 0. The van der Waals surface area contributed by atoms with E-state index in [2.05, 4.69) is 63.8 Å². The second kappa shape index (κ2) is 85.5. The van der Waals surface area contributed by atoms with Crippen LogP contribution in [0.1, 0.15) is 106 Å². The lowest BCUT2D eigenvalue weighted by Crippen LogP contribution is -2.66. The topological polar surface area (TPSA) is 683 Å². The zero-order valence-electron chi connectivity index (χ0n) is 85.2. The summed E-state index contributed by atoms with van der Waals surface area (Å²) < 4.78 is 108. The van der Waals surface area contributed by atoms with Crippen LogP contribution in [0.3, 0.4) is 0 Å². The third-order valence-electron chi connectivity index (χ3n) is 20.4. The number of methoxy groups -OCH3 is 2. The number of unbranched alkanes of at least 4 members (excludes halogenated alkanes) is 2. The largest absolute Gasteiger partial charge is 0.480 e. The van der Waals surface area contributed by atoms with Gasteiger partial charge in [-0.3, -0.25) is 96.1 Å². The Morgan fingerprint density at radius 1 is 0.240 bits per heavy atom. The minimum Gasteiger partial charge on any atom is -0.480 e. The van der Waals surface area contributed by atoms with Gasteiger partial charge >= 0.3 is 11.9 Å². The van der Waals surface area contributed by atoms with Gasteiger partial charge in [-0.25, -0.2) is 0 Å². The van der Waals surface area contributed by atoms with Crippen LogP contribution in [0.5, 0.6) is 0 Å². The number of carboxylic acids is 2. The van der Waals surface area contributed by atoms with E-state index in [9.17, 15) is 96.5 Å². The van der Waals surface area contributed by atoms with E-state index in [-0.39, 0.29) is 131 Å². The molecule has 834 valence electrons. The van der Waals surface area contributed by atoms with Crippen LogP contribution in [0.25, 0.3) is 0 Å². The molecular formula is C92H156N14O40. The average Bonchev–Trinajstić information content (AvgIpc) is 1.61. The normalized spacial score (nSPS) is 14.4. The van der Waals surface area contributed by atoms with Gasteiger partial charge in [0.2, 0.25) is 70.9 Å². The van der Waals surface area contributed by atoms with Gasteiger partial charge in [0, 0.05) is 77.5 Å². The Bertz CT molecular complexity index is 3590. The van der Waals surface area contributed by atoms with Crippen molar-refractivity contribution < 1.29 is 191 Å². The molecule has 54 heteroatoms. The number of imide groups is 2. The van der Waals surface area contributed by atoms with Crippen LogP contribution in [-0.2, 0) is 181 Å². The highest BCUT2D eigenvalue weighted by molar-refractivity contribution is 6.19. The van der Waals surface area contributed by atoms with E-state index in [0.717, 1.165) is 24.3 Å². The molecule has 2 aliphatic heterocycles. The summed E-state index contributed by atoms with van der Waals surface area (Å²) in [6.45, 7) is 19.6.